The Labute approximate surface area is 99.4 Å². The van der Waals surface area contributed by atoms with Crippen molar-refractivity contribution < 1.29 is 19.2 Å². The molecule has 0 saturated carbocycles. The Balaban J connectivity index is 2.67. The highest BCUT2D eigenvalue weighted by Gasteiger charge is 2.13. The number of carboxylic acids is 1. The van der Waals surface area contributed by atoms with Crippen LogP contribution < -0.4 is 5.43 Å². The molecule has 2 aromatic rings. The summed E-state index contributed by atoms with van der Waals surface area (Å²) in [5.41, 5.74) is -0.681. The van der Waals surface area contributed by atoms with Crippen molar-refractivity contribution in [2.45, 2.75) is 6.42 Å². The fourth-order valence-corrected chi connectivity index (χ4v) is 1.56. The summed E-state index contributed by atoms with van der Waals surface area (Å²) < 4.78 is 5.07. The number of carboxylic acid groups (broad SMARTS) is 1. The summed E-state index contributed by atoms with van der Waals surface area (Å²) in [6.07, 6.45) is 0.575. The number of rotatable bonds is 3. The van der Waals surface area contributed by atoms with Gasteiger partial charge in [-0.05, 0) is 6.07 Å². The number of non-ortho nitro benzene ring substituents is 1. The van der Waals surface area contributed by atoms with E-state index >= 15 is 0 Å². The Bertz CT molecular complexity index is 702. The molecule has 92 valence electrons. The standard InChI is InChI=1S/C11H7NO6/c13-10(14)3-6-5-18-9-2-1-7(12(16)17)4-8(9)11(6)15/h1-2,4-5H,3H2,(H,13,14). The molecule has 2 rings (SSSR count). The van der Waals surface area contributed by atoms with Crippen LogP contribution in [0.2, 0.25) is 0 Å². The second kappa shape index (κ2) is 4.28. The van der Waals surface area contributed by atoms with E-state index < -0.39 is 22.7 Å². The third kappa shape index (κ3) is 2.05. The van der Waals surface area contributed by atoms with Gasteiger partial charge in [0.1, 0.15) is 5.58 Å². The topological polar surface area (TPSA) is 111 Å². The van der Waals surface area contributed by atoms with Crippen LogP contribution in [0.1, 0.15) is 5.56 Å². The molecule has 1 aromatic carbocycles. The van der Waals surface area contributed by atoms with Crippen molar-refractivity contribution in [1.29, 1.82) is 0 Å². The number of hydrogen-bond donors (Lipinski definition) is 1. The zero-order chi connectivity index (χ0) is 13.3. The van der Waals surface area contributed by atoms with Crippen LogP contribution >= 0.6 is 0 Å². The summed E-state index contributed by atoms with van der Waals surface area (Å²) in [4.78, 5) is 32.4. The first kappa shape index (κ1) is 11.8. The Kier molecular flexibility index (Phi) is 2.80. The molecule has 0 fully saturated rings. The molecule has 0 aliphatic carbocycles. The molecular weight excluding hydrogens is 242 g/mol. The van der Waals surface area contributed by atoms with Gasteiger partial charge in [0.15, 0.2) is 5.43 Å². The molecule has 0 radical (unpaired) electrons. The number of hydrogen-bond acceptors (Lipinski definition) is 5. The third-order valence-electron chi connectivity index (χ3n) is 2.38. The van der Waals surface area contributed by atoms with Gasteiger partial charge >= 0.3 is 5.97 Å². The minimum atomic E-state index is -1.17. The molecule has 18 heavy (non-hydrogen) atoms. The van der Waals surface area contributed by atoms with Crippen molar-refractivity contribution in [3.8, 4) is 0 Å². The van der Waals surface area contributed by atoms with Gasteiger partial charge in [-0.2, -0.15) is 0 Å². The lowest BCUT2D eigenvalue weighted by molar-refractivity contribution is -0.384. The number of nitro benzene ring substituents is 1. The Morgan fingerprint density at radius 3 is 2.78 bits per heavy atom. The van der Waals surface area contributed by atoms with E-state index in [0.717, 1.165) is 12.3 Å². The average Bonchev–Trinajstić information content (AvgIpc) is 2.32. The van der Waals surface area contributed by atoms with E-state index in [1.54, 1.807) is 0 Å². The largest absolute Gasteiger partial charge is 0.481 e. The van der Waals surface area contributed by atoms with Crippen LogP contribution in [0.25, 0.3) is 11.0 Å². The first-order valence-electron chi connectivity index (χ1n) is 4.89. The Hall–Kier alpha value is -2.70. The van der Waals surface area contributed by atoms with E-state index in [1.807, 2.05) is 0 Å². The highest BCUT2D eigenvalue weighted by molar-refractivity contribution is 5.80. The molecular formula is C11H7NO6. The van der Waals surface area contributed by atoms with Crippen LogP contribution in [-0.2, 0) is 11.2 Å². The molecule has 0 amide bonds. The fraction of sp³-hybridized carbons (Fsp3) is 0.0909. The zero-order valence-electron chi connectivity index (χ0n) is 8.95. The van der Waals surface area contributed by atoms with Crippen molar-refractivity contribution in [3.05, 3.63) is 50.4 Å². The van der Waals surface area contributed by atoms with Crippen LogP contribution in [0.5, 0.6) is 0 Å². The molecule has 0 aliphatic rings. The van der Waals surface area contributed by atoms with Gasteiger partial charge in [0, 0.05) is 17.7 Å². The maximum atomic E-state index is 11.9. The minimum absolute atomic E-state index is 0.00273. The Morgan fingerprint density at radius 2 is 2.17 bits per heavy atom. The molecule has 1 aromatic heterocycles. The maximum Gasteiger partial charge on any atom is 0.308 e. The van der Waals surface area contributed by atoms with Gasteiger partial charge in [-0.25, -0.2) is 0 Å². The van der Waals surface area contributed by atoms with Crippen molar-refractivity contribution >= 4 is 22.6 Å². The van der Waals surface area contributed by atoms with Crippen LogP contribution in [-0.4, -0.2) is 16.0 Å². The molecule has 1 heterocycles. The SMILES string of the molecule is O=C(O)Cc1coc2ccc([N+](=O)[O-])cc2c1=O. The first-order chi connectivity index (χ1) is 8.49. The molecule has 0 saturated heterocycles. The van der Waals surface area contributed by atoms with E-state index in [2.05, 4.69) is 0 Å². The van der Waals surface area contributed by atoms with Crippen LogP contribution in [0.3, 0.4) is 0 Å². The molecule has 0 bridgehead atoms. The number of fused-ring (bicyclic) bond motifs is 1. The molecule has 7 nitrogen and oxygen atoms in total. The van der Waals surface area contributed by atoms with Gasteiger partial charge in [-0.1, -0.05) is 0 Å². The molecule has 1 N–H and O–H groups in total. The van der Waals surface area contributed by atoms with Crippen LogP contribution in [0, 0.1) is 10.1 Å². The van der Waals surface area contributed by atoms with Crippen molar-refractivity contribution in [2.24, 2.45) is 0 Å². The molecule has 0 atom stereocenters. The lowest BCUT2D eigenvalue weighted by Crippen LogP contribution is -2.13. The van der Waals surface area contributed by atoms with Gasteiger partial charge in [-0.3, -0.25) is 19.7 Å². The van der Waals surface area contributed by atoms with Crippen molar-refractivity contribution in [3.63, 3.8) is 0 Å². The summed E-state index contributed by atoms with van der Waals surface area (Å²) in [6, 6.07) is 3.59. The smallest absolute Gasteiger partial charge is 0.308 e. The first-order valence-corrected chi connectivity index (χ1v) is 4.89. The van der Waals surface area contributed by atoms with Gasteiger partial charge < -0.3 is 9.52 Å². The highest BCUT2D eigenvalue weighted by Crippen LogP contribution is 2.18. The zero-order valence-corrected chi connectivity index (χ0v) is 8.95. The van der Waals surface area contributed by atoms with Gasteiger partial charge in [-0.15, -0.1) is 0 Å². The monoisotopic (exact) mass is 249 g/mol. The number of nitrogens with zero attached hydrogens (tertiary/aromatic N) is 1. The van der Waals surface area contributed by atoms with E-state index in [-0.39, 0.29) is 22.2 Å². The lowest BCUT2D eigenvalue weighted by atomic mass is 10.1. The van der Waals surface area contributed by atoms with Crippen molar-refractivity contribution in [2.75, 3.05) is 0 Å². The van der Waals surface area contributed by atoms with Crippen LogP contribution in [0.15, 0.2) is 33.7 Å². The number of carbonyl (C=O) groups is 1. The minimum Gasteiger partial charge on any atom is -0.481 e. The highest BCUT2D eigenvalue weighted by atomic mass is 16.6. The second-order valence-corrected chi connectivity index (χ2v) is 3.60. The molecule has 7 heteroatoms. The number of nitro groups is 1. The molecule has 0 aliphatic heterocycles. The number of aliphatic carboxylic acids is 1. The summed E-state index contributed by atoms with van der Waals surface area (Å²) in [5, 5.41) is 19.2. The normalized spacial score (nSPS) is 10.4. The van der Waals surface area contributed by atoms with E-state index in [9.17, 15) is 19.7 Å². The summed E-state index contributed by atoms with van der Waals surface area (Å²) in [7, 11) is 0. The van der Waals surface area contributed by atoms with E-state index in [1.165, 1.54) is 12.1 Å². The second-order valence-electron chi connectivity index (χ2n) is 3.60. The van der Waals surface area contributed by atoms with Gasteiger partial charge in [0.2, 0.25) is 0 Å². The van der Waals surface area contributed by atoms with E-state index in [0.29, 0.717) is 0 Å². The lowest BCUT2D eigenvalue weighted by Gasteiger charge is -1.99. The third-order valence-corrected chi connectivity index (χ3v) is 2.38. The molecule has 0 spiro atoms. The summed E-state index contributed by atoms with van der Waals surface area (Å²) >= 11 is 0. The van der Waals surface area contributed by atoms with E-state index in [4.69, 9.17) is 9.52 Å². The average molecular weight is 249 g/mol. The number of benzene rings is 1. The maximum absolute atomic E-state index is 11.9. The quantitative estimate of drug-likeness (QED) is 0.648. The van der Waals surface area contributed by atoms with Crippen LogP contribution in [0.4, 0.5) is 5.69 Å². The predicted molar refractivity (Wildman–Crippen MR) is 60.5 cm³/mol. The molecule has 0 unspecified atom stereocenters. The summed E-state index contributed by atoms with van der Waals surface area (Å²) in [6.45, 7) is 0. The van der Waals surface area contributed by atoms with Crippen molar-refractivity contribution in [1.82, 2.24) is 0 Å². The van der Waals surface area contributed by atoms with Gasteiger partial charge in [0.05, 0.1) is 23.0 Å². The Morgan fingerprint density at radius 1 is 1.44 bits per heavy atom. The predicted octanol–water partition coefficient (Wildman–Crippen LogP) is 1.33. The van der Waals surface area contributed by atoms with Gasteiger partial charge in [0.25, 0.3) is 5.69 Å². The fourth-order valence-electron chi connectivity index (χ4n) is 1.56. The summed E-state index contributed by atoms with van der Waals surface area (Å²) in [5.74, 6) is -1.17.